The molecule has 4 nitrogen and oxygen atoms in total. The lowest BCUT2D eigenvalue weighted by atomic mass is 9.87. The second-order valence-corrected chi connectivity index (χ2v) is 6.19. The third-order valence-electron chi connectivity index (χ3n) is 4.63. The van der Waals surface area contributed by atoms with E-state index in [1.54, 1.807) is 0 Å². The molecule has 2 aliphatic rings. The molecule has 0 radical (unpaired) electrons. The Kier molecular flexibility index (Phi) is 4.17. The van der Waals surface area contributed by atoms with Crippen LogP contribution in [-0.2, 0) is 0 Å². The predicted molar refractivity (Wildman–Crippen MR) is 106 cm³/mol. The molecular weight excluding hydrogens is 320 g/mol. The van der Waals surface area contributed by atoms with Crippen molar-refractivity contribution in [2.45, 2.75) is 26.8 Å². The van der Waals surface area contributed by atoms with Crippen molar-refractivity contribution >= 4 is 5.57 Å². The van der Waals surface area contributed by atoms with Gasteiger partial charge >= 0.3 is 0 Å². The van der Waals surface area contributed by atoms with Crippen molar-refractivity contribution in [1.29, 1.82) is 0 Å². The second-order valence-electron chi connectivity index (χ2n) is 6.19. The monoisotopic (exact) mass is 342 g/mol. The molecule has 5 rings (SSSR count). The molecule has 3 heterocycles. The van der Waals surface area contributed by atoms with E-state index in [0.29, 0.717) is 0 Å². The number of dihydropyridines is 1. The summed E-state index contributed by atoms with van der Waals surface area (Å²) in [5.41, 5.74) is 7.71. The molecule has 0 saturated carbocycles. The zero-order valence-corrected chi connectivity index (χ0v) is 15.2. The number of hydrogen-bond acceptors (Lipinski definition) is 3. The van der Waals surface area contributed by atoms with Crippen molar-refractivity contribution < 1.29 is 0 Å². The fourth-order valence-corrected chi connectivity index (χ4v) is 3.42. The number of pyridine rings is 1. The van der Waals surface area contributed by atoms with E-state index in [2.05, 4.69) is 58.6 Å². The van der Waals surface area contributed by atoms with Gasteiger partial charge in [0, 0.05) is 22.9 Å². The molecule has 4 heteroatoms. The zero-order chi connectivity index (χ0) is 18.1. The molecule has 1 aliphatic carbocycles. The Balaban J connectivity index is 0.000000814. The molecular formula is C22H22N4. The van der Waals surface area contributed by atoms with Gasteiger partial charge in [-0.3, -0.25) is 4.98 Å². The SMILES string of the molecule is CC.Cc1ccc(-c2nc3c([nH]2)-c2cccnc2C2NC=CC=C32)cc1. The minimum Gasteiger partial charge on any atom is -0.379 e. The summed E-state index contributed by atoms with van der Waals surface area (Å²) in [5.74, 6) is 0.894. The first kappa shape index (κ1) is 16.3. The summed E-state index contributed by atoms with van der Waals surface area (Å²) in [4.78, 5) is 13.0. The van der Waals surface area contributed by atoms with Crippen molar-refractivity contribution in [2.24, 2.45) is 0 Å². The maximum absolute atomic E-state index is 4.91. The lowest BCUT2D eigenvalue weighted by molar-refractivity contribution is 0.732. The van der Waals surface area contributed by atoms with Gasteiger partial charge < -0.3 is 10.3 Å². The summed E-state index contributed by atoms with van der Waals surface area (Å²) < 4.78 is 0. The standard InChI is InChI=1S/C20H16N4.C2H6/c1-12-6-8-13(9-7-12)20-23-18-14-4-2-10-21-16(14)17-15(19(18)24-20)5-3-11-22-17;1-2/h2-11,16,21H,1H3,(H,23,24);1-2H3. The van der Waals surface area contributed by atoms with Crippen LogP contribution < -0.4 is 5.32 Å². The highest BCUT2D eigenvalue weighted by Gasteiger charge is 2.33. The molecule has 1 aromatic carbocycles. The maximum Gasteiger partial charge on any atom is 0.138 e. The molecule has 130 valence electrons. The highest BCUT2D eigenvalue weighted by Crippen LogP contribution is 2.44. The lowest BCUT2D eigenvalue weighted by Crippen LogP contribution is -2.24. The summed E-state index contributed by atoms with van der Waals surface area (Å²) in [7, 11) is 0. The Morgan fingerprint density at radius 3 is 2.65 bits per heavy atom. The minimum atomic E-state index is 0.0628. The zero-order valence-electron chi connectivity index (χ0n) is 15.2. The van der Waals surface area contributed by atoms with Crippen LogP contribution in [0.15, 0.2) is 60.9 Å². The first-order valence-electron chi connectivity index (χ1n) is 9.07. The van der Waals surface area contributed by atoms with Crippen LogP contribution in [-0.4, -0.2) is 15.0 Å². The number of benzene rings is 1. The number of H-pyrrole nitrogens is 1. The molecule has 1 unspecified atom stereocenters. The second kappa shape index (κ2) is 6.64. The molecule has 1 atom stereocenters. The Morgan fingerprint density at radius 2 is 1.85 bits per heavy atom. The molecule has 2 N–H and O–H groups in total. The third kappa shape index (κ3) is 2.54. The van der Waals surface area contributed by atoms with Crippen LogP contribution in [0.3, 0.4) is 0 Å². The summed E-state index contributed by atoms with van der Waals surface area (Å²) in [6, 6.07) is 12.6. The Bertz CT molecular complexity index is 993. The van der Waals surface area contributed by atoms with E-state index in [9.17, 15) is 0 Å². The number of aryl methyl sites for hydroxylation is 1. The van der Waals surface area contributed by atoms with E-state index in [0.717, 1.165) is 39.6 Å². The van der Waals surface area contributed by atoms with Gasteiger partial charge in [0.15, 0.2) is 0 Å². The normalized spacial score (nSPS) is 16.3. The number of rotatable bonds is 1. The first-order valence-corrected chi connectivity index (χ1v) is 9.07. The van der Waals surface area contributed by atoms with Gasteiger partial charge in [0.05, 0.1) is 23.1 Å². The molecule has 0 spiro atoms. The number of fused-ring (bicyclic) bond motifs is 6. The number of imidazole rings is 1. The quantitative estimate of drug-likeness (QED) is 0.652. The average molecular weight is 342 g/mol. The smallest absolute Gasteiger partial charge is 0.138 e. The van der Waals surface area contributed by atoms with Crippen molar-refractivity contribution in [3.63, 3.8) is 0 Å². The van der Waals surface area contributed by atoms with Crippen LogP contribution in [0.25, 0.3) is 28.2 Å². The number of aromatic amines is 1. The van der Waals surface area contributed by atoms with Gasteiger partial charge in [0.25, 0.3) is 0 Å². The van der Waals surface area contributed by atoms with E-state index < -0.39 is 0 Å². The summed E-state index contributed by atoms with van der Waals surface area (Å²) in [6.45, 7) is 6.09. The van der Waals surface area contributed by atoms with Crippen molar-refractivity contribution in [2.75, 3.05) is 0 Å². The van der Waals surface area contributed by atoms with Gasteiger partial charge in [-0.2, -0.15) is 0 Å². The van der Waals surface area contributed by atoms with Gasteiger partial charge in [0.2, 0.25) is 0 Å². The van der Waals surface area contributed by atoms with E-state index >= 15 is 0 Å². The fourth-order valence-electron chi connectivity index (χ4n) is 3.42. The molecule has 2 aromatic heterocycles. The minimum absolute atomic E-state index is 0.0628. The van der Waals surface area contributed by atoms with Crippen LogP contribution in [0.4, 0.5) is 0 Å². The summed E-state index contributed by atoms with van der Waals surface area (Å²) in [5, 5.41) is 3.41. The Labute approximate surface area is 153 Å². The van der Waals surface area contributed by atoms with Crippen molar-refractivity contribution in [1.82, 2.24) is 20.3 Å². The predicted octanol–water partition coefficient (Wildman–Crippen LogP) is 5.03. The Morgan fingerprint density at radius 1 is 1.04 bits per heavy atom. The third-order valence-corrected chi connectivity index (χ3v) is 4.63. The number of hydrogen-bond donors (Lipinski definition) is 2. The van der Waals surface area contributed by atoms with Gasteiger partial charge in [-0.25, -0.2) is 4.98 Å². The van der Waals surface area contributed by atoms with Crippen LogP contribution in [0, 0.1) is 6.92 Å². The summed E-state index contributed by atoms with van der Waals surface area (Å²) >= 11 is 0. The first-order chi connectivity index (χ1) is 12.8. The van der Waals surface area contributed by atoms with E-state index in [1.165, 1.54) is 5.56 Å². The van der Waals surface area contributed by atoms with Crippen molar-refractivity contribution in [3.8, 4) is 22.6 Å². The van der Waals surface area contributed by atoms with Crippen molar-refractivity contribution in [3.05, 3.63) is 77.9 Å². The van der Waals surface area contributed by atoms with Crippen LogP contribution >= 0.6 is 0 Å². The molecule has 0 amide bonds. The maximum atomic E-state index is 4.91. The van der Waals surface area contributed by atoms with Gasteiger partial charge in [-0.15, -0.1) is 0 Å². The van der Waals surface area contributed by atoms with Crippen LogP contribution in [0.2, 0.25) is 0 Å². The van der Waals surface area contributed by atoms with Crippen LogP contribution in [0.1, 0.15) is 36.8 Å². The van der Waals surface area contributed by atoms with Gasteiger partial charge in [-0.05, 0) is 31.3 Å². The number of allylic oxidation sites excluding steroid dienone is 2. The highest BCUT2D eigenvalue weighted by molar-refractivity contribution is 5.89. The summed E-state index contributed by atoms with van der Waals surface area (Å²) in [6.07, 6.45) is 7.95. The van der Waals surface area contributed by atoms with E-state index in [4.69, 9.17) is 4.98 Å². The van der Waals surface area contributed by atoms with Gasteiger partial charge in [0.1, 0.15) is 5.82 Å². The number of nitrogens with one attached hydrogen (secondary N) is 2. The van der Waals surface area contributed by atoms with Gasteiger partial charge in [-0.1, -0.05) is 49.8 Å². The highest BCUT2D eigenvalue weighted by atomic mass is 15.0. The molecule has 26 heavy (non-hydrogen) atoms. The number of aromatic nitrogens is 3. The topological polar surface area (TPSA) is 53.6 Å². The Hall–Kier alpha value is -3.14. The van der Waals surface area contributed by atoms with Crippen LogP contribution in [0.5, 0.6) is 0 Å². The molecule has 0 saturated heterocycles. The fraction of sp³-hybridized carbons (Fsp3) is 0.182. The molecule has 3 aromatic rings. The molecule has 0 bridgehead atoms. The number of nitrogens with zero attached hydrogens (tertiary/aromatic N) is 2. The largest absolute Gasteiger partial charge is 0.379 e. The van der Waals surface area contributed by atoms with E-state index in [1.807, 2.05) is 38.4 Å². The van der Waals surface area contributed by atoms with E-state index in [-0.39, 0.29) is 6.04 Å². The molecule has 0 fully saturated rings. The molecule has 1 aliphatic heterocycles. The lowest BCUT2D eigenvalue weighted by Gasteiger charge is -2.28. The average Bonchev–Trinajstić information content (AvgIpc) is 3.16.